The number of carbonyl (C=O) groups is 1. The average Bonchev–Trinajstić information content (AvgIpc) is 3.14. The van der Waals surface area contributed by atoms with E-state index in [4.69, 9.17) is 11.6 Å². The van der Waals surface area contributed by atoms with Crippen LogP contribution in [0.1, 0.15) is 25.1 Å². The number of aromatic amines is 1. The third-order valence-corrected chi connectivity index (χ3v) is 3.86. The lowest BCUT2D eigenvalue weighted by molar-refractivity contribution is -0.124. The molecule has 0 aliphatic rings. The summed E-state index contributed by atoms with van der Waals surface area (Å²) in [5.41, 5.74) is 1.95. The fourth-order valence-electron chi connectivity index (χ4n) is 2.52. The Morgan fingerprint density at radius 3 is 3.05 bits per heavy atom. The molecule has 0 spiro atoms. The minimum absolute atomic E-state index is 0.0390. The molecule has 0 saturated carbocycles. The van der Waals surface area contributed by atoms with E-state index in [2.05, 4.69) is 15.4 Å². The zero-order valence-electron chi connectivity index (χ0n) is 12.2. The van der Waals surface area contributed by atoms with Crippen LogP contribution >= 0.6 is 11.6 Å². The quantitative estimate of drug-likeness (QED) is 0.758. The predicted molar refractivity (Wildman–Crippen MR) is 86.7 cm³/mol. The topological polar surface area (TPSA) is 62.7 Å². The van der Waals surface area contributed by atoms with E-state index >= 15 is 0 Å². The Morgan fingerprint density at radius 2 is 2.32 bits per heavy atom. The summed E-state index contributed by atoms with van der Waals surface area (Å²) in [5.74, 6) is -0.0390. The van der Waals surface area contributed by atoms with Crippen LogP contribution < -0.4 is 5.32 Å². The third-order valence-electron chi connectivity index (χ3n) is 3.63. The van der Waals surface area contributed by atoms with Crippen molar-refractivity contribution in [1.82, 2.24) is 20.1 Å². The molecule has 6 heteroatoms. The first-order valence-electron chi connectivity index (χ1n) is 7.21. The summed E-state index contributed by atoms with van der Waals surface area (Å²) in [4.78, 5) is 15.6. The summed E-state index contributed by atoms with van der Waals surface area (Å²) in [5, 5.41) is 8.83. The summed E-state index contributed by atoms with van der Waals surface area (Å²) < 4.78 is 1.68. The Morgan fingerprint density at radius 1 is 1.45 bits per heavy atom. The number of aromatic nitrogens is 3. The fraction of sp³-hybridized carbons (Fsp3) is 0.250. The number of halogens is 1. The van der Waals surface area contributed by atoms with Crippen molar-refractivity contribution in [3.63, 3.8) is 0 Å². The van der Waals surface area contributed by atoms with E-state index in [9.17, 15) is 4.79 Å². The van der Waals surface area contributed by atoms with Gasteiger partial charge >= 0.3 is 0 Å². The summed E-state index contributed by atoms with van der Waals surface area (Å²) in [6, 6.07) is 9.20. The van der Waals surface area contributed by atoms with E-state index in [1.807, 2.05) is 37.3 Å². The maximum Gasteiger partial charge on any atom is 0.245 e. The van der Waals surface area contributed by atoms with Crippen molar-refractivity contribution in [2.75, 3.05) is 0 Å². The number of carbonyl (C=O) groups excluding carboxylic acids is 1. The number of nitrogens with one attached hydrogen (secondary N) is 2. The standard InChI is InChI=1S/C16H17ClN4O/c1-2-15(21-7-3-6-19-21)16(22)18-10-13-9-11-8-12(17)4-5-14(11)20-13/h3-9,15,20H,2,10H2,1H3,(H,18,22). The minimum Gasteiger partial charge on any atom is -0.357 e. The van der Waals surface area contributed by atoms with Crippen molar-refractivity contribution in [2.45, 2.75) is 25.9 Å². The van der Waals surface area contributed by atoms with E-state index in [1.165, 1.54) is 0 Å². The van der Waals surface area contributed by atoms with Gasteiger partial charge in [0.25, 0.3) is 0 Å². The predicted octanol–water partition coefficient (Wildman–Crippen LogP) is 3.29. The molecule has 2 N–H and O–H groups in total. The second kappa shape index (κ2) is 6.23. The molecule has 0 radical (unpaired) electrons. The average molecular weight is 317 g/mol. The minimum atomic E-state index is -0.283. The van der Waals surface area contributed by atoms with Gasteiger partial charge in [-0.25, -0.2) is 0 Å². The lowest BCUT2D eigenvalue weighted by Gasteiger charge is -2.15. The monoisotopic (exact) mass is 316 g/mol. The molecule has 1 atom stereocenters. The van der Waals surface area contributed by atoms with Crippen molar-refractivity contribution in [3.8, 4) is 0 Å². The molecule has 0 fully saturated rings. The molecule has 0 saturated heterocycles. The van der Waals surface area contributed by atoms with Gasteiger partial charge in [0.2, 0.25) is 5.91 Å². The molecule has 1 unspecified atom stereocenters. The lowest BCUT2D eigenvalue weighted by atomic mass is 10.2. The van der Waals surface area contributed by atoms with Crippen LogP contribution in [0.4, 0.5) is 0 Å². The van der Waals surface area contributed by atoms with Gasteiger partial charge in [-0.3, -0.25) is 9.48 Å². The number of fused-ring (bicyclic) bond motifs is 1. The largest absolute Gasteiger partial charge is 0.357 e. The van der Waals surface area contributed by atoms with Gasteiger partial charge in [-0.05, 0) is 36.8 Å². The van der Waals surface area contributed by atoms with Crippen molar-refractivity contribution in [3.05, 3.63) is 53.4 Å². The summed E-state index contributed by atoms with van der Waals surface area (Å²) in [6.45, 7) is 2.42. The number of nitrogens with zero attached hydrogens (tertiary/aromatic N) is 2. The molecular weight excluding hydrogens is 300 g/mol. The highest BCUT2D eigenvalue weighted by molar-refractivity contribution is 6.31. The van der Waals surface area contributed by atoms with E-state index in [0.717, 1.165) is 16.6 Å². The van der Waals surface area contributed by atoms with Crippen LogP contribution in [0, 0.1) is 0 Å². The maximum absolute atomic E-state index is 12.3. The van der Waals surface area contributed by atoms with Gasteiger partial charge in [0.1, 0.15) is 6.04 Å². The lowest BCUT2D eigenvalue weighted by Crippen LogP contribution is -2.32. The van der Waals surface area contributed by atoms with Crippen LogP contribution in [0.2, 0.25) is 5.02 Å². The molecule has 3 rings (SSSR count). The van der Waals surface area contributed by atoms with Gasteiger partial charge in [-0.15, -0.1) is 0 Å². The van der Waals surface area contributed by atoms with Gasteiger partial charge in [-0.2, -0.15) is 5.10 Å². The first kappa shape index (κ1) is 14.7. The first-order valence-corrected chi connectivity index (χ1v) is 7.59. The van der Waals surface area contributed by atoms with E-state index in [1.54, 1.807) is 17.1 Å². The number of benzene rings is 1. The molecule has 0 aliphatic carbocycles. The summed E-state index contributed by atoms with van der Waals surface area (Å²) in [7, 11) is 0. The SMILES string of the molecule is CCC(C(=O)NCc1cc2cc(Cl)ccc2[nH]1)n1cccn1. The Labute approximate surface area is 133 Å². The molecule has 0 bridgehead atoms. The molecule has 1 aromatic carbocycles. The van der Waals surface area contributed by atoms with Crippen LogP contribution in [0.3, 0.4) is 0 Å². The second-order valence-electron chi connectivity index (χ2n) is 5.15. The second-order valence-corrected chi connectivity index (χ2v) is 5.59. The van der Waals surface area contributed by atoms with Crippen molar-refractivity contribution in [2.24, 2.45) is 0 Å². The molecule has 3 aromatic rings. The van der Waals surface area contributed by atoms with Gasteiger partial charge in [-0.1, -0.05) is 18.5 Å². The van der Waals surface area contributed by atoms with E-state index < -0.39 is 0 Å². The maximum atomic E-state index is 12.3. The first-order chi connectivity index (χ1) is 10.7. The van der Waals surface area contributed by atoms with Gasteiger partial charge in [0, 0.05) is 34.0 Å². The van der Waals surface area contributed by atoms with Crippen molar-refractivity contribution < 1.29 is 4.79 Å². The third kappa shape index (κ3) is 2.99. The number of hydrogen-bond donors (Lipinski definition) is 2. The van der Waals surface area contributed by atoms with Crippen molar-refractivity contribution >= 4 is 28.4 Å². The van der Waals surface area contributed by atoms with Gasteiger partial charge < -0.3 is 10.3 Å². The number of hydrogen-bond acceptors (Lipinski definition) is 2. The highest BCUT2D eigenvalue weighted by atomic mass is 35.5. The summed E-state index contributed by atoms with van der Waals surface area (Å²) >= 11 is 5.98. The van der Waals surface area contributed by atoms with Gasteiger partial charge in [0.15, 0.2) is 0 Å². The summed E-state index contributed by atoms with van der Waals surface area (Å²) in [6.07, 6.45) is 4.17. The van der Waals surface area contributed by atoms with E-state index in [0.29, 0.717) is 18.0 Å². The van der Waals surface area contributed by atoms with Crippen LogP contribution in [0.5, 0.6) is 0 Å². The van der Waals surface area contributed by atoms with E-state index in [-0.39, 0.29) is 11.9 Å². The van der Waals surface area contributed by atoms with Crippen LogP contribution in [-0.4, -0.2) is 20.7 Å². The van der Waals surface area contributed by atoms with Crippen LogP contribution in [-0.2, 0) is 11.3 Å². The van der Waals surface area contributed by atoms with Crippen LogP contribution in [0.25, 0.3) is 10.9 Å². The number of amides is 1. The Balaban J connectivity index is 1.69. The molecule has 5 nitrogen and oxygen atoms in total. The highest BCUT2D eigenvalue weighted by Crippen LogP contribution is 2.20. The Bertz CT molecular complexity index is 779. The molecule has 22 heavy (non-hydrogen) atoms. The van der Waals surface area contributed by atoms with Gasteiger partial charge in [0.05, 0.1) is 6.54 Å². The highest BCUT2D eigenvalue weighted by Gasteiger charge is 2.18. The fourth-order valence-corrected chi connectivity index (χ4v) is 2.70. The normalized spacial score (nSPS) is 12.5. The molecule has 2 heterocycles. The van der Waals surface area contributed by atoms with Crippen molar-refractivity contribution in [1.29, 1.82) is 0 Å². The molecular formula is C16H17ClN4O. The Kier molecular flexibility index (Phi) is 4.15. The zero-order chi connectivity index (χ0) is 15.5. The molecule has 0 aliphatic heterocycles. The number of H-pyrrole nitrogens is 1. The number of rotatable bonds is 5. The van der Waals surface area contributed by atoms with Crippen LogP contribution in [0.15, 0.2) is 42.7 Å². The molecule has 2 aromatic heterocycles. The zero-order valence-corrected chi connectivity index (χ0v) is 13.0. The molecule has 114 valence electrons. The smallest absolute Gasteiger partial charge is 0.245 e. The Hall–Kier alpha value is -2.27. The molecule has 1 amide bonds.